The van der Waals surface area contributed by atoms with Gasteiger partial charge in [-0.1, -0.05) is 25.7 Å². The summed E-state index contributed by atoms with van der Waals surface area (Å²) in [6, 6.07) is 6.98. The molecule has 1 unspecified atom stereocenters. The number of carboxylic acid groups (broad SMARTS) is 1. The second kappa shape index (κ2) is 9.99. The van der Waals surface area contributed by atoms with Crippen LogP contribution in [0.5, 0.6) is 5.75 Å². The van der Waals surface area contributed by atoms with E-state index in [1.165, 1.54) is 23.9 Å². The molecule has 2 aromatic rings. The fraction of sp³-hybridized carbons (Fsp3) is 0.500. The van der Waals surface area contributed by atoms with Crippen LogP contribution >= 0.6 is 0 Å². The molecule has 2 N–H and O–H groups in total. The quantitative estimate of drug-likeness (QED) is 0.424. The van der Waals surface area contributed by atoms with Gasteiger partial charge in [0.2, 0.25) is 0 Å². The molecule has 0 aliphatic heterocycles. The van der Waals surface area contributed by atoms with Gasteiger partial charge in [-0.05, 0) is 29.8 Å². The first kappa shape index (κ1) is 23.0. The molecule has 0 saturated heterocycles. The summed E-state index contributed by atoms with van der Waals surface area (Å²) in [6.07, 6.45) is -0.260. The number of hydrogen-bond acceptors (Lipinski definition) is 5. The molecule has 0 spiro atoms. The molecule has 0 bridgehead atoms. The standard InChI is InChI=1S/C20H29FN2O5Si/c1-27-19-6-5-14(9-17(19)21)16(11-20(25)26)18-10-15(12-24)23(22-18)13-28-7-8-29(2,3)4/h5-6,9-10,16,24H,7-8,11-13H2,1-4H3,(H,25,26). The smallest absolute Gasteiger partial charge is 0.304 e. The number of carboxylic acids is 1. The summed E-state index contributed by atoms with van der Waals surface area (Å²) in [5, 5.41) is 23.4. The lowest BCUT2D eigenvalue weighted by molar-refractivity contribution is -0.137. The fourth-order valence-electron chi connectivity index (χ4n) is 2.88. The lowest BCUT2D eigenvalue weighted by Crippen LogP contribution is -2.22. The molecule has 1 aromatic carbocycles. The van der Waals surface area contributed by atoms with E-state index in [1.807, 2.05) is 0 Å². The number of nitrogens with zero attached hydrogens (tertiary/aromatic N) is 2. The Morgan fingerprint density at radius 1 is 1.31 bits per heavy atom. The van der Waals surface area contributed by atoms with Crippen molar-refractivity contribution >= 4 is 14.0 Å². The maximum absolute atomic E-state index is 14.2. The van der Waals surface area contributed by atoms with E-state index in [0.29, 0.717) is 23.6 Å². The Morgan fingerprint density at radius 3 is 2.59 bits per heavy atom. The molecule has 1 aromatic heterocycles. The van der Waals surface area contributed by atoms with E-state index < -0.39 is 25.8 Å². The van der Waals surface area contributed by atoms with Gasteiger partial charge in [0.05, 0.1) is 31.5 Å². The topological polar surface area (TPSA) is 93.8 Å². The number of aliphatic hydroxyl groups is 1. The second-order valence-electron chi connectivity index (χ2n) is 8.11. The molecule has 0 aliphatic rings. The molecule has 1 heterocycles. The van der Waals surface area contributed by atoms with Crippen LogP contribution in [0.15, 0.2) is 24.3 Å². The molecule has 0 amide bonds. The van der Waals surface area contributed by atoms with E-state index in [9.17, 15) is 19.4 Å². The highest BCUT2D eigenvalue weighted by atomic mass is 28.3. The van der Waals surface area contributed by atoms with Gasteiger partial charge in [-0.25, -0.2) is 9.07 Å². The highest BCUT2D eigenvalue weighted by molar-refractivity contribution is 6.76. The van der Waals surface area contributed by atoms with E-state index in [1.54, 1.807) is 12.1 Å². The van der Waals surface area contributed by atoms with Crippen molar-refractivity contribution in [2.24, 2.45) is 0 Å². The van der Waals surface area contributed by atoms with E-state index >= 15 is 0 Å². The number of rotatable bonds is 11. The van der Waals surface area contributed by atoms with Crippen molar-refractivity contribution in [1.82, 2.24) is 9.78 Å². The van der Waals surface area contributed by atoms with Crippen molar-refractivity contribution in [1.29, 1.82) is 0 Å². The van der Waals surface area contributed by atoms with Crippen molar-refractivity contribution in [3.8, 4) is 5.75 Å². The Morgan fingerprint density at radius 2 is 2.03 bits per heavy atom. The number of methoxy groups -OCH3 is 1. The van der Waals surface area contributed by atoms with Crippen LogP contribution in [-0.2, 0) is 22.9 Å². The van der Waals surface area contributed by atoms with Gasteiger partial charge in [-0.3, -0.25) is 4.79 Å². The Balaban J connectivity index is 2.26. The molecule has 0 aliphatic carbocycles. The van der Waals surface area contributed by atoms with Crippen molar-refractivity contribution in [2.75, 3.05) is 13.7 Å². The van der Waals surface area contributed by atoms with Gasteiger partial charge in [-0.2, -0.15) is 5.10 Å². The number of ether oxygens (including phenoxy) is 2. The van der Waals surface area contributed by atoms with Crippen LogP contribution in [0.25, 0.3) is 0 Å². The molecule has 0 saturated carbocycles. The summed E-state index contributed by atoms with van der Waals surface area (Å²) in [4.78, 5) is 11.4. The average Bonchev–Trinajstić information content (AvgIpc) is 3.05. The molecule has 0 radical (unpaired) electrons. The van der Waals surface area contributed by atoms with E-state index in [2.05, 4.69) is 24.7 Å². The number of aliphatic hydroxyl groups excluding tert-OH is 1. The number of aliphatic carboxylic acids is 1. The number of hydrogen-bond donors (Lipinski definition) is 2. The van der Waals surface area contributed by atoms with Gasteiger partial charge in [-0.15, -0.1) is 0 Å². The monoisotopic (exact) mass is 424 g/mol. The third kappa shape index (κ3) is 6.65. The third-order valence-corrected chi connectivity index (χ3v) is 6.27. The molecule has 9 heteroatoms. The second-order valence-corrected chi connectivity index (χ2v) is 13.7. The molecular formula is C20H29FN2O5Si. The predicted molar refractivity (Wildman–Crippen MR) is 109 cm³/mol. The average molecular weight is 425 g/mol. The molecule has 2 rings (SSSR count). The van der Waals surface area contributed by atoms with Crippen LogP contribution in [0.1, 0.15) is 29.3 Å². The van der Waals surface area contributed by atoms with E-state index in [-0.39, 0.29) is 25.5 Å². The van der Waals surface area contributed by atoms with Gasteiger partial charge in [0.15, 0.2) is 11.6 Å². The van der Waals surface area contributed by atoms with Crippen LogP contribution in [0.3, 0.4) is 0 Å². The summed E-state index contributed by atoms with van der Waals surface area (Å²) >= 11 is 0. The van der Waals surface area contributed by atoms with Crippen molar-refractivity contribution in [3.63, 3.8) is 0 Å². The van der Waals surface area contributed by atoms with Gasteiger partial charge in [0.25, 0.3) is 0 Å². The van der Waals surface area contributed by atoms with Gasteiger partial charge >= 0.3 is 5.97 Å². The molecular weight excluding hydrogens is 395 g/mol. The molecule has 29 heavy (non-hydrogen) atoms. The summed E-state index contributed by atoms with van der Waals surface area (Å²) < 4.78 is 26.3. The van der Waals surface area contributed by atoms with E-state index in [4.69, 9.17) is 9.47 Å². The van der Waals surface area contributed by atoms with Crippen LogP contribution in [0.2, 0.25) is 25.7 Å². The van der Waals surface area contributed by atoms with Crippen molar-refractivity contribution < 1.29 is 28.9 Å². The first-order valence-corrected chi connectivity index (χ1v) is 13.2. The highest BCUT2D eigenvalue weighted by Gasteiger charge is 2.23. The highest BCUT2D eigenvalue weighted by Crippen LogP contribution is 2.31. The summed E-state index contributed by atoms with van der Waals surface area (Å²) in [7, 11) is 0.144. The van der Waals surface area contributed by atoms with Gasteiger partial charge < -0.3 is 19.7 Å². The minimum absolute atomic E-state index is 0.0835. The zero-order valence-electron chi connectivity index (χ0n) is 17.3. The lowest BCUT2D eigenvalue weighted by atomic mass is 9.92. The van der Waals surface area contributed by atoms with Crippen LogP contribution in [0.4, 0.5) is 4.39 Å². The van der Waals surface area contributed by atoms with Crippen molar-refractivity contribution in [2.45, 2.75) is 51.4 Å². The van der Waals surface area contributed by atoms with Gasteiger partial charge in [0.1, 0.15) is 6.73 Å². The Labute approximate surface area is 171 Å². The number of benzene rings is 1. The van der Waals surface area contributed by atoms with Crippen LogP contribution < -0.4 is 4.74 Å². The number of carbonyl (C=O) groups is 1. The minimum Gasteiger partial charge on any atom is -0.494 e. The summed E-state index contributed by atoms with van der Waals surface area (Å²) in [5.41, 5.74) is 1.42. The van der Waals surface area contributed by atoms with Gasteiger partial charge in [0, 0.05) is 20.6 Å². The van der Waals surface area contributed by atoms with Crippen LogP contribution in [0, 0.1) is 5.82 Å². The SMILES string of the molecule is COc1ccc(C(CC(=O)O)c2cc(CO)n(COCC[Si](C)(C)C)n2)cc1F. The zero-order valence-corrected chi connectivity index (χ0v) is 18.3. The Hall–Kier alpha value is -2.23. The van der Waals surface area contributed by atoms with E-state index in [0.717, 1.165) is 6.04 Å². The molecule has 160 valence electrons. The minimum atomic E-state index is -1.22. The van der Waals surface area contributed by atoms with Crippen molar-refractivity contribution in [3.05, 3.63) is 47.0 Å². The maximum atomic E-state index is 14.2. The molecule has 7 nitrogen and oxygen atoms in total. The first-order chi connectivity index (χ1) is 13.6. The summed E-state index contributed by atoms with van der Waals surface area (Å²) in [5.74, 6) is -2.18. The number of aromatic nitrogens is 2. The third-order valence-electron chi connectivity index (χ3n) is 4.57. The molecule has 0 fully saturated rings. The zero-order chi connectivity index (χ0) is 21.6. The van der Waals surface area contributed by atoms with Crippen LogP contribution in [-0.4, -0.2) is 47.8 Å². The Bertz CT molecular complexity index is 835. The summed E-state index contributed by atoms with van der Waals surface area (Å²) in [6.45, 7) is 7.26. The largest absolute Gasteiger partial charge is 0.494 e. The first-order valence-electron chi connectivity index (χ1n) is 9.45. The molecule has 1 atom stereocenters. The number of halogens is 1. The predicted octanol–water partition coefficient (Wildman–Crippen LogP) is 3.44. The normalized spacial score (nSPS) is 12.8. The lowest BCUT2D eigenvalue weighted by Gasteiger charge is -2.16. The Kier molecular flexibility index (Phi) is 7.94. The maximum Gasteiger partial charge on any atom is 0.304 e. The fourth-order valence-corrected chi connectivity index (χ4v) is 3.64.